The van der Waals surface area contributed by atoms with E-state index < -0.39 is 0 Å². The number of hydrogen-bond acceptors (Lipinski definition) is 3. The molecule has 0 bridgehead atoms. The van der Waals surface area contributed by atoms with Gasteiger partial charge in [0.25, 0.3) is 5.91 Å². The summed E-state index contributed by atoms with van der Waals surface area (Å²) in [6.45, 7) is 7.16. The van der Waals surface area contributed by atoms with Gasteiger partial charge in [0, 0.05) is 42.0 Å². The largest absolute Gasteiger partial charge is 0.371 e. The van der Waals surface area contributed by atoms with Gasteiger partial charge in [-0.2, -0.15) is 0 Å². The Morgan fingerprint density at radius 3 is 2.37 bits per heavy atom. The number of piperidine rings is 1. The van der Waals surface area contributed by atoms with E-state index in [4.69, 9.17) is 0 Å². The second-order valence-corrected chi connectivity index (χ2v) is 8.17. The van der Waals surface area contributed by atoms with Crippen LogP contribution < -0.4 is 15.5 Å². The molecule has 30 heavy (non-hydrogen) atoms. The van der Waals surface area contributed by atoms with Crippen molar-refractivity contribution in [3.05, 3.63) is 52.5 Å². The molecule has 2 aromatic rings. The number of nitrogens with zero attached hydrogens (tertiary/aromatic N) is 2. The van der Waals surface area contributed by atoms with Crippen molar-refractivity contribution in [1.82, 2.24) is 4.90 Å². The molecule has 0 radical (unpaired) electrons. The number of anilines is 3. The molecule has 0 aromatic heterocycles. The van der Waals surface area contributed by atoms with Crippen LogP contribution in [-0.2, 0) is 0 Å². The molecule has 1 heterocycles. The number of para-hydroxylation sites is 1. The molecular weight excluding hydrogens is 444 g/mol. The first kappa shape index (κ1) is 22.2. The molecule has 2 aromatic carbocycles. The van der Waals surface area contributed by atoms with E-state index in [1.54, 1.807) is 6.07 Å². The molecule has 6 nitrogen and oxygen atoms in total. The first-order chi connectivity index (χ1) is 14.5. The number of hydrogen-bond donors (Lipinski definition) is 2. The van der Waals surface area contributed by atoms with Crippen LogP contribution in [0.5, 0.6) is 0 Å². The summed E-state index contributed by atoms with van der Waals surface area (Å²) in [6.07, 6.45) is 3.49. The lowest BCUT2D eigenvalue weighted by Crippen LogP contribution is -2.35. The first-order valence-corrected chi connectivity index (χ1v) is 11.3. The molecule has 3 amide bonds. The fourth-order valence-electron chi connectivity index (χ4n) is 3.72. The van der Waals surface area contributed by atoms with Gasteiger partial charge in [0.05, 0.1) is 11.3 Å². The SMILES string of the molecule is CCN(CC)C(=O)c1cc(NC(=O)Nc2ccccc2Br)ccc1N1CCCCC1. The van der Waals surface area contributed by atoms with Crippen molar-refractivity contribution < 1.29 is 9.59 Å². The highest BCUT2D eigenvalue weighted by Gasteiger charge is 2.22. The molecule has 2 N–H and O–H groups in total. The number of carbonyl (C=O) groups excluding carboxylic acids is 2. The second kappa shape index (κ2) is 10.5. The van der Waals surface area contributed by atoms with E-state index >= 15 is 0 Å². The summed E-state index contributed by atoms with van der Waals surface area (Å²) in [5.74, 6) is -0.00423. The number of carbonyl (C=O) groups is 2. The number of halogens is 1. The minimum atomic E-state index is -0.353. The van der Waals surface area contributed by atoms with E-state index in [1.165, 1.54) is 6.42 Å². The molecular formula is C23H29BrN4O2. The van der Waals surface area contributed by atoms with Gasteiger partial charge in [0.15, 0.2) is 0 Å². The average molecular weight is 473 g/mol. The lowest BCUT2D eigenvalue weighted by Gasteiger charge is -2.31. The number of amides is 3. The lowest BCUT2D eigenvalue weighted by atomic mass is 10.1. The fourth-order valence-corrected chi connectivity index (χ4v) is 4.11. The zero-order valence-electron chi connectivity index (χ0n) is 17.6. The summed E-state index contributed by atoms with van der Waals surface area (Å²) in [5.41, 5.74) is 2.86. The van der Waals surface area contributed by atoms with Gasteiger partial charge < -0.3 is 20.4 Å². The monoisotopic (exact) mass is 472 g/mol. The highest BCUT2D eigenvalue weighted by Crippen LogP contribution is 2.29. The zero-order valence-corrected chi connectivity index (χ0v) is 19.2. The lowest BCUT2D eigenvalue weighted by molar-refractivity contribution is 0.0773. The Balaban J connectivity index is 1.84. The van der Waals surface area contributed by atoms with E-state index in [-0.39, 0.29) is 11.9 Å². The molecule has 0 aliphatic carbocycles. The van der Waals surface area contributed by atoms with Crippen molar-refractivity contribution >= 4 is 44.9 Å². The van der Waals surface area contributed by atoms with Crippen LogP contribution in [0, 0.1) is 0 Å². The van der Waals surface area contributed by atoms with Crippen molar-refractivity contribution in [2.45, 2.75) is 33.1 Å². The van der Waals surface area contributed by atoms with Gasteiger partial charge >= 0.3 is 6.03 Å². The van der Waals surface area contributed by atoms with E-state index in [1.807, 2.05) is 55.1 Å². The summed E-state index contributed by atoms with van der Waals surface area (Å²) in [7, 11) is 0. The third-order valence-electron chi connectivity index (χ3n) is 5.35. The zero-order chi connectivity index (χ0) is 21.5. The molecule has 160 valence electrons. The van der Waals surface area contributed by atoms with Crippen LogP contribution >= 0.6 is 15.9 Å². The fraction of sp³-hybridized carbons (Fsp3) is 0.391. The van der Waals surface area contributed by atoms with Crippen molar-refractivity contribution in [2.24, 2.45) is 0 Å². The number of nitrogens with one attached hydrogen (secondary N) is 2. The topological polar surface area (TPSA) is 64.7 Å². The van der Waals surface area contributed by atoms with Crippen LogP contribution in [0.1, 0.15) is 43.5 Å². The number of benzene rings is 2. The Morgan fingerprint density at radius 1 is 1.00 bits per heavy atom. The Bertz CT molecular complexity index is 893. The Hall–Kier alpha value is -2.54. The summed E-state index contributed by atoms with van der Waals surface area (Å²) >= 11 is 3.43. The van der Waals surface area contributed by atoms with Gasteiger partial charge in [-0.05, 0) is 79.4 Å². The van der Waals surface area contributed by atoms with Gasteiger partial charge in [-0.15, -0.1) is 0 Å². The van der Waals surface area contributed by atoms with Crippen molar-refractivity contribution in [3.8, 4) is 0 Å². The minimum Gasteiger partial charge on any atom is -0.371 e. The van der Waals surface area contributed by atoms with Crippen LogP contribution in [0.3, 0.4) is 0 Å². The third kappa shape index (κ3) is 5.33. The molecule has 1 saturated heterocycles. The molecule has 1 aliphatic heterocycles. The molecule has 1 fully saturated rings. The summed E-state index contributed by atoms with van der Waals surface area (Å²) in [4.78, 5) is 29.8. The van der Waals surface area contributed by atoms with Gasteiger partial charge in [-0.25, -0.2) is 4.79 Å². The Morgan fingerprint density at radius 2 is 1.70 bits per heavy atom. The molecule has 0 saturated carbocycles. The van der Waals surface area contributed by atoms with Gasteiger partial charge in [-0.3, -0.25) is 4.79 Å². The number of urea groups is 1. The van der Waals surface area contributed by atoms with E-state index in [9.17, 15) is 9.59 Å². The molecule has 0 atom stereocenters. The average Bonchev–Trinajstić information content (AvgIpc) is 2.76. The van der Waals surface area contributed by atoms with Crippen LogP contribution in [0.15, 0.2) is 46.9 Å². The molecule has 1 aliphatic rings. The summed E-state index contributed by atoms with van der Waals surface area (Å²) in [6, 6.07) is 12.7. The van der Waals surface area contributed by atoms with Crippen LogP contribution in [0.25, 0.3) is 0 Å². The molecule has 3 rings (SSSR count). The van der Waals surface area contributed by atoms with Crippen LogP contribution in [-0.4, -0.2) is 43.0 Å². The van der Waals surface area contributed by atoms with Crippen LogP contribution in [0.4, 0.5) is 21.9 Å². The maximum Gasteiger partial charge on any atom is 0.323 e. The standard InChI is InChI=1S/C23H29BrN4O2/c1-3-27(4-2)22(29)18-16-17(12-13-21(18)28-14-8-5-9-15-28)25-23(30)26-20-11-7-6-10-19(20)24/h6-7,10-13,16H,3-5,8-9,14-15H2,1-2H3,(H2,25,26,30). The maximum atomic E-state index is 13.2. The summed E-state index contributed by atoms with van der Waals surface area (Å²) < 4.78 is 0.804. The van der Waals surface area contributed by atoms with E-state index in [0.717, 1.165) is 36.1 Å². The highest BCUT2D eigenvalue weighted by atomic mass is 79.9. The molecule has 0 spiro atoms. The predicted octanol–water partition coefficient (Wildman–Crippen LogP) is 5.57. The van der Waals surface area contributed by atoms with E-state index in [2.05, 4.69) is 31.5 Å². The first-order valence-electron chi connectivity index (χ1n) is 10.5. The number of rotatable bonds is 6. The minimum absolute atomic E-state index is 0.00423. The van der Waals surface area contributed by atoms with Gasteiger partial charge in [0.1, 0.15) is 0 Å². The van der Waals surface area contributed by atoms with Crippen molar-refractivity contribution in [3.63, 3.8) is 0 Å². The normalized spacial score (nSPS) is 13.6. The van der Waals surface area contributed by atoms with Crippen LogP contribution in [0.2, 0.25) is 0 Å². The Labute approximate surface area is 186 Å². The van der Waals surface area contributed by atoms with E-state index in [0.29, 0.717) is 30.0 Å². The van der Waals surface area contributed by atoms with Crippen molar-refractivity contribution in [1.29, 1.82) is 0 Å². The van der Waals surface area contributed by atoms with Gasteiger partial charge in [0.2, 0.25) is 0 Å². The maximum absolute atomic E-state index is 13.2. The quantitative estimate of drug-likeness (QED) is 0.577. The second-order valence-electron chi connectivity index (χ2n) is 7.32. The van der Waals surface area contributed by atoms with Crippen molar-refractivity contribution in [2.75, 3.05) is 41.7 Å². The van der Waals surface area contributed by atoms with Gasteiger partial charge in [-0.1, -0.05) is 12.1 Å². The predicted molar refractivity (Wildman–Crippen MR) is 127 cm³/mol. The third-order valence-corrected chi connectivity index (χ3v) is 6.05. The molecule has 7 heteroatoms. The smallest absolute Gasteiger partial charge is 0.323 e. The molecule has 0 unspecified atom stereocenters. The highest BCUT2D eigenvalue weighted by molar-refractivity contribution is 9.10. The Kier molecular flexibility index (Phi) is 7.74. The summed E-state index contributed by atoms with van der Waals surface area (Å²) in [5, 5.41) is 5.69.